The van der Waals surface area contributed by atoms with Crippen molar-refractivity contribution in [3.63, 3.8) is 0 Å². The van der Waals surface area contributed by atoms with Crippen LogP contribution >= 0.6 is 36.7 Å². The molecule has 0 aliphatic rings. The van der Waals surface area contributed by atoms with Crippen LogP contribution in [0.1, 0.15) is 16.7 Å². The first-order valence-corrected chi connectivity index (χ1v) is 8.99. The maximum absolute atomic E-state index is 8.76. The van der Waals surface area contributed by atoms with Gasteiger partial charge in [-0.25, -0.2) is 0 Å². The molecule has 3 aromatic rings. The van der Waals surface area contributed by atoms with Crippen molar-refractivity contribution >= 4 is 51.8 Å². The third-order valence-corrected chi connectivity index (χ3v) is 3.77. The normalized spacial score (nSPS) is 8.89. The highest BCUT2D eigenvalue weighted by Gasteiger charge is 1.93. The minimum absolute atomic E-state index is 0.0457. The molecule has 0 amide bonds. The van der Waals surface area contributed by atoms with Gasteiger partial charge in [-0.05, 0) is 36.7 Å². The zero-order valence-corrected chi connectivity index (χ0v) is 16.7. The van der Waals surface area contributed by atoms with Gasteiger partial charge in [0.15, 0.2) is 15.2 Å². The van der Waals surface area contributed by atoms with Crippen molar-refractivity contribution in [3.05, 3.63) is 108 Å². The first kappa shape index (κ1) is 22.4. The van der Waals surface area contributed by atoms with E-state index in [1.807, 2.05) is 54.6 Å². The van der Waals surface area contributed by atoms with Crippen molar-refractivity contribution in [3.8, 4) is 0 Å². The Hall–Kier alpha value is -2.67. The Morgan fingerprint density at radius 3 is 0.704 bits per heavy atom. The van der Waals surface area contributed by atoms with Gasteiger partial charge in [-0.2, -0.15) is 0 Å². The van der Waals surface area contributed by atoms with E-state index in [2.05, 4.69) is 36.7 Å². The minimum Gasteiger partial charge on any atom is -0.499 e. The lowest BCUT2D eigenvalue weighted by Crippen LogP contribution is -1.91. The molecule has 0 aliphatic heterocycles. The van der Waals surface area contributed by atoms with E-state index < -0.39 is 0 Å². The summed E-state index contributed by atoms with van der Waals surface area (Å²) in [5, 5.41) is 26.1. The van der Waals surface area contributed by atoms with Crippen LogP contribution in [-0.2, 0) is 0 Å². The Labute approximate surface area is 174 Å². The summed E-state index contributed by atoms with van der Waals surface area (Å²) in [5.41, 5.74) is 2.10. The Bertz CT molecular complexity index is 734. The Morgan fingerprint density at radius 1 is 0.407 bits per heavy atom. The molecule has 0 aromatic heterocycles. The van der Waals surface area contributed by atoms with Gasteiger partial charge >= 0.3 is 0 Å². The second-order valence-electron chi connectivity index (χ2n) is 5.01. The molecule has 0 unspecified atom stereocenters. The Kier molecular flexibility index (Phi) is 10.5. The van der Waals surface area contributed by atoms with Gasteiger partial charge in [0.25, 0.3) is 0 Å². The molecular weight excluding hydrogens is 396 g/mol. The van der Waals surface area contributed by atoms with E-state index in [1.165, 1.54) is 0 Å². The predicted octanol–water partition coefficient (Wildman–Crippen LogP) is 5.76. The SMILES string of the molecule is OC(=S)c1ccccc1.OC(=S)c1ccccc1.OC(=S)c1ccccc1. The zero-order valence-electron chi connectivity index (χ0n) is 14.2. The third kappa shape index (κ3) is 9.55. The van der Waals surface area contributed by atoms with Gasteiger partial charge in [-0.3, -0.25) is 0 Å². The molecule has 0 atom stereocenters. The highest BCUT2D eigenvalue weighted by molar-refractivity contribution is 7.80. The molecule has 3 aromatic carbocycles. The van der Waals surface area contributed by atoms with Crippen LogP contribution in [0.2, 0.25) is 0 Å². The average Bonchev–Trinajstić information content (AvgIpc) is 2.71. The fourth-order valence-corrected chi connectivity index (χ4v) is 2.15. The molecule has 3 rings (SSSR count). The Morgan fingerprint density at radius 2 is 0.593 bits per heavy atom. The fraction of sp³-hybridized carbons (Fsp3) is 0. The predicted molar refractivity (Wildman–Crippen MR) is 122 cm³/mol. The third-order valence-electron chi connectivity index (χ3n) is 3.06. The summed E-state index contributed by atoms with van der Waals surface area (Å²) in [6, 6.07) is 27.2. The van der Waals surface area contributed by atoms with E-state index in [-0.39, 0.29) is 15.2 Å². The van der Waals surface area contributed by atoms with Crippen LogP contribution in [0.15, 0.2) is 91.0 Å². The van der Waals surface area contributed by atoms with E-state index in [0.717, 1.165) is 0 Å². The van der Waals surface area contributed by atoms with Crippen molar-refractivity contribution < 1.29 is 15.3 Å². The zero-order chi connectivity index (χ0) is 20.1. The van der Waals surface area contributed by atoms with Crippen molar-refractivity contribution in [2.75, 3.05) is 0 Å². The van der Waals surface area contributed by atoms with Gasteiger partial charge in [0, 0.05) is 16.7 Å². The van der Waals surface area contributed by atoms with Gasteiger partial charge in [0.2, 0.25) is 0 Å². The van der Waals surface area contributed by atoms with Crippen LogP contribution in [0.4, 0.5) is 0 Å². The highest BCUT2D eigenvalue weighted by Crippen LogP contribution is 1.99. The van der Waals surface area contributed by atoms with E-state index in [1.54, 1.807) is 36.4 Å². The summed E-state index contributed by atoms with van der Waals surface area (Å²) in [5.74, 6) is 0. The molecule has 6 heteroatoms. The lowest BCUT2D eigenvalue weighted by molar-refractivity contribution is 0.570. The molecule has 0 spiro atoms. The van der Waals surface area contributed by atoms with Crippen molar-refractivity contribution in [1.29, 1.82) is 0 Å². The first-order valence-electron chi connectivity index (χ1n) is 7.77. The van der Waals surface area contributed by atoms with Crippen molar-refractivity contribution in [2.45, 2.75) is 0 Å². The van der Waals surface area contributed by atoms with E-state index in [4.69, 9.17) is 15.3 Å². The molecule has 3 N–H and O–H groups in total. The Balaban J connectivity index is 0.000000202. The summed E-state index contributed by atoms with van der Waals surface area (Å²) in [7, 11) is 0. The van der Waals surface area contributed by atoms with Gasteiger partial charge < -0.3 is 15.3 Å². The van der Waals surface area contributed by atoms with Crippen LogP contribution in [0.25, 0.3) is 0 Å². The van der Waals surface area contributed by atoms with Crippen molar-refractivity contribution in [2.24, 2.45) is 0 Å². The number of hydrogen-bond acceptors (Lipinski definition) is 3. The summed E-state index contributed by atoms with van der Waals surface area (Å²) in [6.07, 6.45) is 0. The largest absolute Gasteiger partial charge is 0.499 e. The number of rotatable bonds is 3. The minimum atomic E-state index is -0.0457. The maximum Gasteiger partial charge on any atom is 0.188 e. The molecule has 0 bridgehead atoms. The smallest absolute Gasteiger partial charge is 0.188 e. The first-order chi connectivity index (χ1) is 12.9. The number of aliphatic hydroxyl groups excluding tert-OH is 3. The molecule has 138 valence electrons. The molecule has 0 radical (unpaired) electrons. The fourth-order valence-electron chi connectivity index (χ4n) is 1.74. The van der Waals surface area contributed by atoms with Gasteiger partial charge in [-0.15, -0.1) is 0 Å². The number of thiocarbonyl (C=S) groups is 3. The summed E-state index contributed by atoms with van der Waals surface area (Å²) in [4.78, 5) is 0. The quantitative estimate of drug-likeness (QED) is 0.474. The molecule has 0 heterocycles. The molecule has 0 saturated carbocycles. The lowest BCUT2D eigenvalue weighted by Gasteiger charge is -1.91. The molecule has 0 fully saturated rings. The van der Waals surface area contributed by atoms with Crippen molar-refractivity contribution in [1.82, 2.24) is 0 Å². The molecular formula is C21H18O3S3. The average molecular weight is 415 g/mol. The van der Waals surface area contributed by atoms with Gasteiger partial charge in [0.05, 0.1) is 0 Å². The molecule has 3 nitrogen and oxygen atoms in total. The van der Waals surface area contributed by atoms with Crippen LogP contribution in [0.5, 0.6) is 0 Å². The van der Waals surface area contributed by atoms with Gasteiger partial charge in [-0.1, -0.05) is 91.0 Å². The maximum atomic E-state index is 8.76. The number of benzene rings is 3. The number of aliphatic hydroxyl groups is 3. The molecule has 0 aliphatic carbocycles. The van der Waals surface area contributed by atoms with Gasteiger partial charge in [0.1, 0.15) is 0 Å². The van der Waals surface area contributed by atoms with E-state index in [0.29, 0.717) is 16.7 Å². The molecule has 0 saturated heterocycles. The number of hydrogen-bond donors (Lipinski definition) is 3. The lowest BCUT2D eigenvalue weighted by atomic mass is 10.2. The monoisotopic (exact) mass is 414 g/mol. The van der Waals surface area contributed by atoms with E-state index >= 15 is 0 Å². The molecule has 27 heavy (non-hydrogen) atoms. The second kappa shape index (κ2) is 12.6. The van der Waals surface area contributed by atoms with Crippen LogP contribution < -0.4 is 0 Å². The highest BCUT2D eigenvalue weighted by atomic mass is 32.1. The summed E-state index contributed by atoms with van der Waals surface area (Å²) in [6.45, 7) is 0. The second-order valence-corrected chi connectivity index (χ2v) is 6.17. The topological polar surface area (TPSA) is 60.7 Å². The van der Waals surface area contributed by atoms with Crippen LogP contribution in [-0.4, -0.2) is 30.5 Å². The summed E-state index contributed by atoms with van der Waals surface area (Å²) >= 11 is 13.6. The van der Waals surface area contributed by atoms with E-state index in [9.17, 15) is 0 Å². The van der Waals surface area contributed by atoms with Crippen LogP contribution in [0.3, 0.4) is 0 Å². The standard InChI is InChI=1S/3C7H6OS/c3*8-7(9)6-4-2-1-3-5-6/h3*1-5H,(H,8,9). The van der Waals surface area contributed by atoms with Crippen LogP contribution in [0, 0.1) is 0 Å². The summed E-state index contributed by atoms with van der Waals surface area (Å²) < 4.78 is 0.